The number of esters is 1. The number of nitrogens with zero attached hydrogens (tertiary/aromatic N) is 1. The molecule has 4 nitrogen and oxygen atoms in total. The minimum absolute atomic E-state index is 0.243. The lowest BCUT2D eigenvalue weighted by atomic mass is 10.1. The van der Waals surface area contributed by atoms with E-state index in [2.05, 4.69) is 28.7 Å². The van der Waals surface area contributed by atoms with Gasteiger partial charge in [-0.05, 0) is 53.2 Å². The molecule has 0 bridgehead atoms. The van der Waals surface area contributed by atoms with Crippen molar-refractivity contribution in [3.05, 3.63) is 52.3 Å². The Kier molecular flexibility index (Phi) is 5.06. The van der Waals surface area contributed by atoms with Gasteiger partial charge in [-0.1, -0.05) is 12.8 Å². The average Bonchev–Trinajstić information content (AvgIpc) is 2.93. The Labute approximate surface area is 158 Å². The number of benzene rings is 2. The van der Waals surface area contributed by atoms with Crippen molar-refractivity contribution in [2.75, 3.05) is 18.0 Å². The largest absolute Gasteiger partial charge is 0.462 e. The minimum atomic E-state index is -0.487. The first-order valence-corrected chi connectivity index (χ1v) is 8.73. The number of hydrogen-bond acceptors (Lipinski definition) is 5. The summed E-state index contributed by atoms with van der Waals surface area (Å²) >= 11 is 7.78. The van der Waals surface area contributed by atoms with Crippen LogP contribution in [0.4, 0.5) is 10.1 Å². The standard InChI is InChI=1S/C18H15BrFNO3S/c1-3-23-18(22)16-12-8-13(19)14(21(2)25)9-15(12)24-17(16)10-4-6-11(20)7-5-10/h4-9,25H,3H2,1-2H3. The number of hydrogen-bond donors (Lipinski definition) is 1. The Balaban J connectivity index is 2.29. The third-order valence-corrected chi connectivity index (χ3v) is 4.54. The normalized spacial score (nSPS) is 10.9. The second-order valence-electron chi connectivity index (χ2n) is 5.36. The van der Waals surface area contributed by atoms with Crippen LogP contribution in [0.15, 0.2) is 45.3 Å². The van der Waals surface area contributed by atoms with Gasteiger partial charge >= 0.3 is 5.97 Å². The maximum Gasteiger partial charge on any atom is 0.342 e. The zero-order valence-electron chi connectivity index (χ0n) is 13.5. The Morgan fingerprint density at radius 3 is 2.60 bits per heavy atom. The second-order valence-corrected chi connectivity index (χ2v) is 6.81. The molecule has 1 aromatic heterocycles. The molecule has 130 valence electrons. The van der Waals surface area contributed by atoms with Gasteiger partial charge in [-0.3, -0.25) is 0 Å². The predicted molar refractivity (Wildman–Crippen MR) is 103 cm³/mol. The third kappa shape index (κ3) is 3.39. The van der Waals surface area contributed by atoms with Crippen LogP contribution >= 0.6 is 28.7 Å². The highest BCUT2D eigenvalue weighted by molar-refractivity contribution is 9.10. The molecule has 0 atom stereocenters. The fourth-order valence-corrected chi connectivity index (χ4v) is 3.48. The van der Waals surface area contributed by atoms with E-state index in [4.69, 9.17) is 9.15 Å². The number of furan rings is 1. The molecule has 3 rings (SSSR count). The molecule has 1 heterocycles. The van der Waals surface area contributed by atoms with Crippen LogP contribution in [0.5, 0.6) is 0 Å². The van der Waals surface area contributed by atoms with Gasteiger partial charge in [-0.25, -0.2) is 9.18 Å². The lowest BCUT2D eigenvalue weighted by Crippen LogP contribution is -2.05. The van der Waals surface area contributed by atoms with Crippen LogP contribution in [0.3, 0.4) is 0 Å². The summed E-state index contributed by atoms with van der Waals surface area (Å²) in [6, 6.07) is 9.34. The molecule has 3 aromatic rings. The van der Waals surface area contributed by atoms with Gasteiger partial charge in [-0.2, -0.15) is 0 Å². The molecular formula is C18H15BrFNO3S. The SMILES string of the molecule is CCOC(=O)c1c(-c2ccc(F)cc2)oc2cc(N(C)S)c(Br)cc12. The Morgan fingerprint density at radius 1 is 1.32 bits per heavy atom. The topological polar surface area (TPSA) is 42.7 Å². The van der Waals surface area contributed by atoms with E-state index in [9.17, 15) is 9.18 Å². The monoisotopic (exact) mass is 423 g/mol. The number of carbonyl (C=O) groups is 1. The van der Waals surface area contributed by atoms with E-state index in [1.165, 1.54) is 12.1 Å². The van der Waals surface area contributed by atoms with E-state index < -0.39 is 5.97 Å². The minimum Gasteiger partial charge on any atom is -0.462 e. The predicted octanol–water partition coefficient (Wildman–Crippen LogP) is 5.46. The van der Waals surface area contributed by atoms with Gasteiger partial charge in [0.25, 0.3) is 0 Å². The van der Waals surface area contributed by atoms with E-state index in [0.717, 1.165) is 10.2 Å². The molecule has 0 fully saturated rings. The summed E-state index contributed by atoms with van der Waals surface area (Å²) in [5.41, 5.74) is 2.21. The van der Waals surface area contributed by atoms with Gasteiger partial charge in [0.2, 0.25) is 0 Å². The van der Waals surface area contributed by atoms with Crippen LogP contribution in [-0.2, 0) is 4.74 Å². The van der Waals surface area contributed by atoms with Crippen molar-refractivity contribution in [1.29, 1.82) is 0 Å². The molecule has 0 aliphatic rings. The summed E-state index contributed by atoms with van der Waals surface area (Å²) in [5.74, 6) is -0.502. The molecule has 0 aliphatic carbocycles. The molecule has 0 spiro atoms. The summed E-state index contributed by atoms with van der Waals surface area (Å²) in [6.45, 7) is 1.98. The molecule has 0 saturated carbocycles. The summed E-state index contributed by atoms with van der Waals surface area (Å²) in [5, 5.41) is 0.614. The van der Waals surface area contributed by atoms with Crippen LogP contribution in [0.25, 0.3) is 22.3 Å². The molecule has 2 aromatic carbocycles. The highest BCUT2D eigenvalue weighted by Crippen LogP contribution is 2.39. The first-order chi connectivity index (χ1) is 11.9. The number of fused-ring (bicyclic) bond motifs is 1. The summed E-state index contributed by atoms with van der Waals surface area (Å²) < 4.78 is 26.7. The van der Waals surface area contributed by atoms with Gasteiger partial charge in [0.15, 0.2) is 0 Å². The van der Waals surface area contributed by atoms with Crippen LogP contribution in [0.1, 0.15) is 17.3 Å². The third-order valence-electron chi connectivity index (χ3n) is 3.69. The van der Waals surface area contributed by atoms with Crippen molar-refractivity contribution in [2.45, 2.75) is 6.92 Å². The van der Waals surface area contributed by atoms with Crippen molar-refractivity contribution >= 4 is 51.4 Å². The van der Waals surface area contributed by atoms with Crippen LogP contribution in [0.2, 0.25) is 0 Å². The van der Waals surface area contributed by atoms with E-state index in [-0.39, 0.29) is 12.4 Å². The van der Waals surface area contributed by atoms with Crippen LogP contribution in [0, 0.1) is 5.82 Å². The first kappa shape index (κ1) is 17.8. The van der Waals surface area contributed by atoms with E-state index in [1.54, 1.807) is 42.5 Å². The van der Waals surface area contributed by atoms with Crippen molar-refractivity contribution in [3.8, 4) is 11.3 Å². The van der Waals surface area contributed by atoms with Crippen LogP contribution < -0.4 is 4.31 Å². The van der Waals surface area contributed by atoms with Gasteiger partial charge in [-0.15, -0.1) is 0 Å². The average molecular weight is 424 g/mol. The molecule has 0 saturated heterocycles. The van der Waals surface area contributed by atoms with Crippen molar-refractivity contribution in [2.24, 2.45) is 0 Å². The first-order valence-electron chi connectivity index (χ1n) is 7.54. The molecule has 0 radical (unpaired) electrons. The molecule has 0 N–H and O–H groups in total. The van der Waals surface area contributed by atoms with E-state index in [1.807, 2.05) is 0 Å². The van der Waals surface area contributed by atoms with Gasteiger partial charge in [0, 0.05) is 28.5 Å². The highest BCUT2D eigenvalue weighted by Gasteiger charge is 2.24. The molecule has 0 amide bonds. The fourth-order valence-electron chi connectivity index (χ4n) is 2.56. The lowest BCUT2D eigenvalue weighted by molar-refractivity contribution is 0.0529. The van der Waals surface area contributed by atoms with Gasteiger partial charge < -0.3 is 13.5 Å². The smallest absolute Gasteiger partial charge is 0.342 e. The maximum atomic E-state index is 13.2. The number of carbonyl (C=O) groups excluding carboxylic acids is 1. The summed E-state index contributed by atoms with van der Waals surface area (Å²) in [7, 11) is 1.78. The number of anilines is 1. The number of ether oxygens (including phenoxy) is 1. The van der Waals surface area contributed by atoms with Crippen LogP contribution in [-0.4, -0.2) is 19.6 Å². The number of halogens is 2. The number of rotatable bonds is 4. The Morgan fingerprint density at radius 2 is 2.00 bits per heavy atom. The Hall–Kier alpha value is -1.99. The molecular weight excluding hydrogens is 409 g/mol. The quantitative estimate of drug-likeness (QED) is 0.446. The summed E-state index contributed by atoms with van der Waals surface area (Å²) in [4.78, 5) is 12.5. The molecule has 7 heteroatoms. The zero-order chi connectivity index (χ0) is 18.1. The zero-order valence-corrected chi connectivity index (χ0v) is 16.0. The highest BCUT2D eigenvalue weighted by atomic mass is 79.9. The number of thiol groups is 1. The Bertz CT molecular complexity index is 938. The van der Waals surface area contributed by atoms with Gasteiger partial charge in [0.05, 0.1) is 12.3 Å². The molecule has 0 aliphatic heterocycles. The lowest BCUT2D eigenvalue weighted by Gasteiger charge is -2.12. The van der Waals surface area contributed by atoms with Gasteiger partial charge in [0.1, 0.15) is 22.7 Å². The fraction of sp³-hybridized carbons (Fsp3) is 0.167. The second kappa shape index (κ2) is 7.09. The molecule has 25 heavy (non-hydrogen) atoms. The summed E-state index contributed by atoms with van der Waals surface area (Å²) in [6.07, 6.45) is 0. The van der Waals surface area contributed by atoms with Crippen molar-refractivity contribution in [1.82, 2.24) is 0 Å². The van der Waals surface area contributed by atoms with Crippen molar-refractivity contribution in [3.63, 3.8) is 0 Å². The maximum absolute atomic E-state index is 13.2. The molecule has 0 unspecified atom stereocenters. The van der Waals surface area contributed by atoms with E-state index >= 15 is 0 Å². The van der Waals surface area contributed by atoms with E-state index in [0.29, 0.717) is 27.9 Å². The van der Waals surface area contributed by atoms with Crippen molar-refractivity contribution < 1.29 is 18.3 Å².